The molecule has 3 nitrogen and oxygen atoms in total. The van der Waals surface area contributed by atoms with E-state index < -0.39 is 0 Å². The van der Waals surface area contributed by atoms with Gasteiger partial charge in [-0.15, -0.1) is 0 Å². The predicted octanol–water partition coefficient (Wildman–Crippen LogP) is 2.11. The summed E-state index contributed by atoms with van der Waals surface area (Å²) in [5.41, 5.74) is 6.42. The predicted molar refractivity (Wildman–Crippen MR) is 62.1 cm³/mol. The number of carbonyl (C=O) groups is 1. The molecule has 16 heavy (non-hydrogen) atoms. The normalized spacial score (nSPS) is 25.1. The molecule has 1 fully saturated rings. The lowest BCUT2D eigenvalue weighted by Crippen LogP contribution is -2.31. The minimum absolute atomic E-state index is 0.0486. The molecule has 0 saturated heterocycles. The molecule has 0 atom stereocenters. The van der Waals surface area contributed by atoms with Crippen molar-refractivity contribution in [2.45, 2.75) is 37.8 Å². The maximum Gasteiger partial charge on any atom is 0.338 e. The van der Waals surface area contributed by atoms with Crippen molar-refractivity contribution in [3.63, 3.8) is 0 Å². The smallest absolute Gasteiger partial charge is 0.338 e. The van der Waals surface area contributed by atoms with Crippen LogP contribution in [0.1, 0.15) is 36.0 Å². The average molecular weight is 219 g/mol. The number of nitrogens with two attached hydrogens (primary N) is 1. The lowest BCUT2D eigenvalue weighted by atomic mass is 9.94. The second-order valence-electron chi connectivity index (χ2n) is 4.31. The van der Waals surface area contributed by atoms with E-state index in [9.17, 15) is 4.79 Å². The number of ether oxygens (including phenoxy) is 1. The molecule has 0 unspecified atom stereocenters. The van der Waals surface area contributed by atoms with E-state index in [0.29, 0.717) is 5.56 Å². The topological polar surface area (TPSA) is 52.3 Å². The largest absolute Gasteiger partial charge is 0.459 e. The fraction of sp³-hybridized carbons (Fsp3) is 0.462. The third-order valence-corrected chi connectivity index (χ3v) is 3.00. The molecule has 1 saturated carbocycles. The first-order chi connectivity index (χ1) is 7.75. The molecule has 0 spiro atoms. The highest BCUT2D eigenvalue weighted by atomic mass is 16.5. The van der Waals surface area contributed by atoms with Gasteiger partial charge in [-0.2, -0.15) is 0 Å². The summed E-state index contributed by atoms with van der Waals surface area (Å²) in [5, 5.41) is 0. The third kappa shape index (κ3) is 2.83. The lowest BCUT2D eigenvalue weighted by molar-refractivity contribution is 0.0197. The number of hydrogen-bond donors (Lipinski definition) is 1. The second-order valence-corrected chi connectivity index (χ2v) is 4.31. The Morgan fingerprint density at radius 3 is 2.38 bits per heavy atom. The van der Waals surface area contributed by atoms with Gasteiger partial charge in [0.1, 0.15) is 6.10 Å². The molecule has 1 aliphatic rings. The zero-order valence-electron chi connectivity index (χ0n) is 9.26. The first-order valence-corrected chi connectivity index (χ1v) is 5.77. The minimum Gasteiger partial charge on any atom is -0.459 e. The maximum absolute atomic E-state index is 11.7. The van der Waals surface area contributed by atoms with Crippen LogP contribution in [0.3, 0.4) is 0 Å². The van der Waals surface area contributed by atoms with Crippen LogP contribution >= 0.6 is 0 Å². The van der Waals surface area contributed by atoms with Gasteiger partial charge in [0.15, 0.2) is 0 Å². The number of benzene rings is 1. The molecular weight excluding hydrogens is 202 g/mol. The van der Waals surface area contributed by atoms with E-state index in [0.717, 1.165) is 25.7 Å². The van der Waals surface area contributed by atoms with Crippen molar-refractivity contribution in [2.75, 3.05) is 0 Å². The van der Waals surface area contributed by atoms with Gasteiger partial charge < -0.3 is 10.5 Å². The number of esters is 1. The molecular formula is C13H17NO2. The van der Waals surface area contributed by atoms with E-state index >= 15 is 0 Å². The monoisotopic (exact) mass is 219 g/mol. The lowest BCUT2D eigenvalue weighted by Gasteiger charge is -2.25. The van der Waals surface area contributed by atoms with Gasteiger partial charge >= 0.3 is 5.97 Å². The van der Waals surface area contributed by atoms with E-state index in [1.807, 2.05) is 18.2 Å². The van der Waals surface area contributed by atoms with Gasteiger partial charge in [0.25, 0.3) is 0 Å². The molecule has 0 bridgehead atoms. The standard InChI is InChI=1S/C13H17NO2/c14-11-6-8-12(9-7-11)16-13(15)10-4-2-1-3-5-10/h1-5,11-12H,6-9,14H2. The van der Waals surface area contributed by atoms with Gasteiger partial charge in [0.2, 0.25) is 0 Å². The van der Waals surface area contributed by atoms with E-state index in [1.165, 1.54) is 0 Å². The fourth-order valence-corrected chi connectivity index (χ4v) is 2.00. The number of hydrogen-bond acceptors (Lipinski definition) is 3. The van der Waals surface area contributed by atoms with Crippen LogP contribution in [0.15, 0.2) is 30.3 Å². The van der Waals surface area contributed by atoms with Crippen molar-refractivity contribution in [2.24, 2.45) is 5.73 Å². The van der Waals surface area contributed by atoms with Gasteiger partial charge in [-0.05, 0) is 37.8 Å². The van der Waals surface area contributed by atoms with E-state index in [2.05, 4.69) is 0 Å². The van der Waals surface area contributed by atoms with Crippen molar-refractivity contribution in [3.8, 4) is 0 Å². The Bertz CT molecular complexity index is 342. The zero-order valence-corrected chi connectivity index (χ0v) is 9.26. The summed E-state index contributed by atoms with van der Waals surface area (Å²) in [6, 6.07) is 9.40. The van der Waals surface area contributed by atoms with Gasteiger partial charge in [0.05, 0.1) is 5.56 Å². The first kappa shape index (κ1) is 11.1. The quantitative estimate of drug-likeness (QED) is 0.775. The van der Waals surface area contributed by atoms with E-state index in [4.69, 9.17) is 10.5 Å². The minimum atomic E-state index is -0.221. The van der Waals surface area contributed by atoms with Crippen molar-refractivity contribution in [1.82, 2.24) is 0 Å². The van der Waals surface area contributed by atoms with Crippen LogP contribution in [-0.4, -0.2) is 18.1 Å². The zero-order chi connectivity index (χ0) is 11.4. The Labute approximate surface area is 95.6 Å². The van der Waals surface area contributed by atoms with Crippen LogP contribution in [0, 0.1) is 0 Å². The van der Waals surface area contributed by atoms with E-state index in [-0.39, 0.29) is 18.1 Å². The van der Waals surface area contributed by atoms with Crippen molar-refractivity contribution in [3.05, 3.63) is 35.9 Å². The van der Waals surface area contributed by atoms with Crippen molar-refractivity contribution < 1.29 is 9.53 Å². The molecule has 0 aliphatic heterocycles. The number of rotatable bonds is 2. The van der Waals surface area contributed by atoms with Crippen LogP contribution in [0.25, 0.3) is 0 Å². The fourth-order valence-electron chi connectivity index (χ4n) is 2.00. The Kier molecular flexibility index (Phi) is 3.57. The van der Waals surface area contributed by atoms with Gasteiger partial charge in [0, 0.05) is 6.04 Å². The third-order valence-electron chi connectivity index (χ3n) is 3.00. The summed E-state index contributed by atoms with van der Waals surface area (Å²) < 4.78 is 5.43. The molecule has 3 heteroatoms. The van der Waals surface area contributed by atoms with Crippen LogP contribution in [0.2, 0.25) is 0 Å². The van der Waals surface area contributed by atoms with Gasteiger partial charge in [-0.25, -0.2) is 4.79 Å². The summed E-state index contributed by atoms with van der Waals surface area (Å²) in [6.45, 7) is 0. The molecule has 0 aromatic heterocycles. The summed E-state index contributed by atoms with van der Waals surface area (Å²) >= 11 is 0. The highest BCUT2D eigenvalue weighted by molar-refractivity contribution is 5.89. The van der Waals surface area contributed by atoms with Gasteiger partial charge in [-0.3, -0.25) is 0 Å². The SMILES string of the molecule is NC1CCC(OC(=O)c2ccccc2)CC1. The molecule has 86 valence electrons. The van der Waals surface area contributed by atoms with Crippen LogP contribution in [-0.2, 0) is 4.74 Å². The Balaban J connectivity index is 1.88. The molecule has 1 aliphatic carbocycles. The highest BCUT2D eigenvalue weighted by Crippen LogP contribution is 2.20. The van der Waals surface area contributed by atoms with E-state index in [1.54, 1.807) is 12.1 Å². The van der Waals surface area contributed by atoms with Crippen LogP contribution < -0.4 is 5.73 Å². The Morgan fingerprint density at radius 2 is 1.75 bits per heavy atom. The van der Waals surface area contributed by atoms with Crippen molar-refractivity contribution >= 4 is 5.97 Å². The average Bonchev–Trinajstić information content (AvgIpc) is 2.33. The maximum atomic E-state index is 11.7. The molecule has 0 radical (unpaired) electrons. The molecule has 0 heterocycles. The van der Waals surface area contributed by atoms with Crippen LogP contribution in [0.4, 0.5) is 0 Å². The van der Waals surface area contributed by atoms with Crippen LogP contribution in [0.5, 0.6) is 0 Å². The summed E-state index contributed by atoms with van der Waals surface area (Å²) in [7, 11) is 0. The summed E-state index contributed by atoms with van der Waals surface area (Å²) in [5.74, 6) is -0.221. The summed E-state index contributed by atoms with van der Waals surface area (Å²) in [4.78, 5) is 11.7. The molecule has 1 aromatic rings. The first-order valence-electron chi connectivity index (χ1n) is 5.77. The Hall–Kier alpha value is -1.35. The molecule has 2 N–H and O–H groups in total. The number of carbonyl (C=O) groups excluding carboxylic acids is 1. The molecule has 2 rings (SSSR count). The summed E-state index contributed by atoms with van der Waals surface area (Å²) in [6.07, 6.45) is 3.73. The second kappa shape index (κ2) is 5.12. The molecule has 0 amide bonds. The molecule has 1 aromatic carbocycles. The Morgan fingerprint density at radius 1 is 1.12 bits per heavy atom. The highest BCUT2D eigenvalue weighted by Gasteiger charge is 2.22. The van der Waals surface area contributed by atoms with Gasteiger partial charge in [-0.1, -0.05) is 18.2 Å². The van der Waals surface area contributed by atoms with Crippen molar-refractivity contribution in [1.29, 1.82) is 0 Å².